The number of rotatable bonds is 6. The number of benzene rings is 1. The highest BCUT2D eigenvalue weighted by Gasteiger charge is 2.02. The molecule has 0 aromatic heterocycles. The highest BCUT2D eigenvalue weighted by Crippen LogP contribution is 2.04. The zero-order chi connectivity index (χ0) is 11.8. The predicted octanol–water partition coefficient (Wildman–Crippen LogP) is 1.39. The Kier molecular flexibility index (Phi) is 5.57. The Morgan fingerprint density at radius 1 is 1.38 bits per heavy atom. The summed E-state index contributed by atoms with van der Waals surface area (Å²) >= 11 is 0. The van der Waals surface area contributed by atoms with Crippen molar-refractivity contribution in [1.29, 1.82) is 0 Å². The molecule has 0 aliphatic rings. The van der Waals surface area contributed by atoms with Crippen LogP contribution in [0.2, 0.25) is 0 Å². The fourth-order valence-electron chi connectivity index (χ4n) is 1.57. The summed E-state index contributed by atoms with van der Waals surface area (Å²) in [5.41, 5.74) is 7.63. The normalized spacial score (nSPS) is 10.1. The van der Waals surface area contributed by atoms with E-state index in [1.165, 1.54) is 5.56 Å². The Balaban J connectivity index is 2.29. The molecule has 0 fully saturated rings. The third kappa shape index (κ3) is 4.94. The SMILES string of the molecule is Cc1cccc(CC(=O)NCCCCN)c1. The van der Waals surface area contributed by atoms with Gasteiger partial charge in [-0.25, -0.2) is 0 Å². The van der Waals surface area contributed by atoms with Crippen molar-refractivity contribution in [2.45, 2.75) is 26.2 Å². The standard InChI is InChI=1S/C13H20N2O/c1-11-5-4-6-12(9-11)10-13(16)15-8-3-2-7-14/h4-6,9H,2-3,7-8,10,14H2,1H3,(H,15,16). The topological polar surface area (TPSA) is 55.1 Å². The van der Waals surface area contributed by atoms with Gasteiger partial charge in [-0.05, 0) is 31.9 Å². The lowest BCUT2D eigenvalue weighted by Crippen LogP contribution is -2.26. The van der Waals surface area contributed by atoms with Crippen molar-refractivity contribution in [2.24, 2.45) is 5.73 Å². The number of amides is 1. The van der Waals surface area contributed by atoms with Gasteiger partial charge in [-0.1, -0.05) is 29.8 Å². The lowest BCUT2D eigenvalue weighted by molar-refractivity contribution is -0.120. The predicted molar refractivity (Wildman–Crippen MR) is 66.2 cm³/mol. The molecule has 0 bridgehead atoms. The third-order valence-electron chi connectivity index (χ3n) is 2.40. The molecule has 0 spiro atoms. The molecule has 3 nitrogen and oxygen atoms in total. The van der Waals surface area contributed by atoms with Crippen molar-refractivity contribution >= 4 is 5.91 Å². The number of unbranched alkanes of at least 4 members (excludes halogenated alkanes) is 1. The third-order valence-corrected chi connectivity index (χ3v) is 2.40. The van der Waals surface area contributed by atoms with E-state index in [9.17, 15) is 4.79 Å². The highest BCUT2D eigenvalue weighted by atomic mass is 16.1. The number of nitrogens with two attached hydrogens (primary N) is 1. The van der Waals surface area contributed by atoms with Crippen molar-refractivity contribution in [2.75, 3.05) is 13.1 Å². The monoisotopic (exact) mass is 220 g/mol. The molecule has 1 aromatic rings. The van der Waals surface area contributed by atoms with Crippen LogP contribution in [-0.2, 0) is 11.2 Å². The number of nitrogens with one attached hydrogen (secondary N) is 1. The van der Waals surface area contributed by atoms with Gasteiger partial charge < -0.3 is 11.1 Å². The molecule has 0 unspecified atom stereocenters. The molecule has 1 rings (SSSR count). The minimum atomic E-state index is 0.0858. The highest BCUT2D eigenvalue weighted by molar-refractivity contribution is 5.78. The molecule has 0 aliphatic heterocycles. The van der Waals surface area contributed by atoms with Crippen LogP contribution in [0.5, 0.6) is 0 Å². The van der Waals surface area contributed by atoms with Crippen LogP contribution in [0, 0.1) is 6.92 Å². The van der Waals surface area contributed by atoms with Gasteiger partial charge in [-0.3, -0.25) is 4.79 Å². The van der Waals surface area contributed by atoms with Crippen LogP contribution >= 0.6 is 0 Å². The molecule has 3 N–H and O–H groups in total. The largest absolute Gasteiger partial charge is 0.356 e. The van der Waals surface area contributed by atoms with E-state index in [2.05, 4.69) is 5.32 Å². The molecular weight excluding hydrogens is 200 g/mol. The zero-order valence-electron chi connectivity index (χ0n) is 9.83. The molecule has 1 amide bonds. The van der Waals surface area contributed by atoms with Crippen molar-refractivity contribution in [3.63, 3.8) is 0 Å². The van der Waals surface area contributed by atoms with E-state index in [1.54, 1.807) is 0 Å². The van der Waals surface area contributed by atoms with E-state index in [0.29, 0.717) is 13.0 Å². The number of carbonyl (C=O) groups excluding carboxylic acids is 1. The van der Waals surface area contributed by atoms with Gasteiger partial charge in [0.25, 0.3) is 0 Å². The Labute approximate surface area is 97.0 Å². The van der Waals surface area contributed by atoms with Gasteiger partial charge in [0.2, 0.25) is 5.91 Å². The summed E-state index contributed by atoms with van der Waals surface area (Å²) in [7, 11) is 0. The van der Waals surface area contributed by atoms with Crippen LogP contribution < -0.4 is 11.1 Å². The lowest BCUT2D eigenvalue weighted by Gasteiger charge is -2.05. The lowest BCUT2D eigenvalue weighted by atomic mass is 10.1. The second kappa shape index (κ2) is 7.01. The molecule has 0 radical (unpaired) electrons. The van der Waals surface area contributed by atoms with Gasteiger partial charge in [-0.2, -0.15) is 0 Å². The van der Waals surface area contributed by atoms with E-state index in [-0.39, 0.29) is 5.91 Å². The molecule has 0 atom stereocenters. The van der Waals surface area contributed by atoms with Crippen molar-refractivity contribution < 1.29 is 4.79 Å². The van der Waals surface area contributed by atoms with E-state index < -0.39 is 0 Å². The minimum absolute atomic E-state index is 0.0858. The molecule has 3 heteroatoms. The molecule has 1 aromatic carbocycles. The van der Waals surface area contributed by atoms with Crippen molar-refractivity contribution in [3.8, 4) is 0 Å². The second-order valence-corrected chi connectivity index (χ2v) is 4.01. The van der Waals surface area contributed by atoms with Gasteiger partial charge in [0, 0.05) is 6.54 Å². The maximum Gasteiger partial charge on any atom is 0.224 e. The maximum absolute atomic E-state index is 11.5. The molecular formula is C13H20N2O. The Hall–Kier alpha value is -1.35. The van der Waals surface area contributed by atoms with Crippen LogP contribution in [0.4, 0.5) is 0 Å². The van der Waals surface area contributed by atoms with E-state index in [0.717, 1.165) is 24.9 Å². The van der Waals surface area contributed by atoms with Gasteiger partial charge >= 0.3 is 0 Å². The van der Waals surface area contributed by atoms with Crippen LogP contribution in [0.1, 0.15) is 24.0 Å². The Morgan fingerprint density at radius 2 is 2.19 bits per heavy atom. The van der Waals surface area contributed by atoms with E-state index in [4.69, 9.17) is 5.73 Å². The summed E-state index contributed by atoms with van der Waals surface area (Å²) in [6, 6.07) is 8.03. The Bertz CT molecular complexity index is 336. The average Bonchev–Trinajstić information content (AvgIpc) is 2.24. The average molecular weight is 220 g/mol. The number of hydrogen-bond donors (Lipinski definition) is 2. The van der Waals surface area contributed by atoms with Crippen molar-refractivity contribution in [1.82, 2.24) is 5.32 Å². The summed E-state index contributed by atoms with van der Waals surface area (Å²) in [5, 5.41) is 2.89. The summed E-state index contributed by atoms with van der Waals surface area (Å²) in [6.45, 7) is 3.44. The van der Waals surface area contributed by atoms with Crippen molar-refractivity contribution in [3.05, 3.63) is 35.4 Å². The first-order valence-corrected chi connectivity index (χ1v) is 5.74. The molecule has 0 heterocycles. The minimum Gasteiger partial charge on any atom is -0.356 e. The maximum atomic E-state index is 11.5. The number of carbonyl (C=O) groups is 1. The molecule has 16 heavy (non-hydrogen) atoms. The van der Waals surface area contributed by atoms with Crippen LogP contribution in [0.25, 0.3) is 0 Å². The van der Waals surface area contributed by atoms with Crippen LogP contribution in [-0.4, -0.2) is 19.0 Å². The van der Waals surface area contributed by atoms with E-state index in [1.807, 2.05) is 31.2 Å². The van der Waals surface area contributed by atoms with Gasteiger partial charge in [0.05, 0.1) is 6.42 Å². The zero-order valence-corrected chi connectivity index (χ0v) is 9.83. The first-order valence-electron chi connectivity index (χ1n) is 5.74. The number of hydrogen-bond acceptors (Lipinski definition) is 2. The van der Waals surface area contributed by atoms with Gasteiger partial charge in [0.1, 0.15) is 0 Å². The fraction of sp³-hybridized carbons (Fsp3) is 0.462. The second-order valence-electron chi connectivity index (χ2n) is 4.01. The fourth-order valence-corrected chi connectivity index (χ4v) is 1.57. The van der Waals surface area contributed by atoms with E-state index >= 15 is 0 Å². The smallest absolute Gasteiger partial charge is 0.224 e. The first-order chi connectivity index (χ1) is 7.72. The van der Waals surface area contributed by atoms with Gasteiger partial charge in [0.15, 0.2) is 0 Å². The quantitative estimate of drug-likeness (QED) is 0.712. The molecule has 88 valence electrons. The first kappa shape index (κ1) is 12.7. The van der Waals surface area contributed by atoms with Crippen LogP contribution in [0.3, 0.4) is 0 Å². The molecule has 0 saturated carbocycles. The molecule has 0 saturated heterocycles. The van der Waals surface area contributed by atoms with Crippen LogP contribution in [0.15, 0.2) is 24.3 Å². The summed E-state index contributed by atoms with van der Waals surface area (Å²) in [5.74, 6) is 0.0858. The Morgan fingerprint density at radius 3 is 2.88 bits per heavy atom. The summed E-state index contributed by atoms with van der Waals surface area (Å²) < 4.78 is 0. The molecule has 0 aliphatic carbocycles. The summed E-state index contributed by atoms with van der Waals surface area (Å²) in [6.07, 6.45) is 2.38. The van der Waals surface area contributed by atoms with Gasteiger partial charge in [-0.15, -0.1) is 0 Å². The summed E-state index contributed by atoms with van der Waals surface area (Å²) in [4.78, 5) is 11.5. The number of aryl methyl sites for hydroxylation is 1.